The molecule has 15 heavy (non-hydrogen) atoms. The van der Waals surface area contributed by atoms with Crippen LogP contribution in [0.2, 0.25) is 0 Å². The maximum atomic E-state index is 11.6. The minimum atomic E-state index is -0.591. The predicted molar refractivity (Wildman–Crippen MR) is 53.1 cm³/mol. The summed E-state index contributed by atoms with van der Waals surface area (Å²) >= 11 is 0. The molecule has 0 saturated carbocycles. The van der Waals surface area contributed by atoms with Gasteiger partial charge in [0.1, 0.15) is 0 Å². The Bertz CT molecular complexity index is 398. The van der Waals surface area contributed by atoms with Crippen LogP contribution in [0.1, 0.15) is 23.7 Å². The second-order valence-electron chi connectivity index (χ2n) is 2.79. The van der Waals surface area contributed by atoms with Crippen LogP contribution in [-0.4, -0.2) is 27.5 Å². The van der Waals surface area contributed by atoms with E-state index in [2.05, 4.69) is 10.1 Å². The minimum absolute atomic E-state index is 0.121. The Labute approximate surface area is 86.4 Å². The number of ketones is 2. The van der Waals surface area contributed by atoms with Gasteiger partial charge in [-0.2, -0.15) is 0 Å². The highest BCUT2D eigenvalue weighted by atomic mass is 16.4. The van der Waals surface area contributed by atoms with E-state index in [9.17, 15) is 9.59 Å². The van der Waals surface area contributed by atoms with Crippen LogP contribution < -0.4 is 0 Å². The number of hydrogen-bond acceptors (Lipinski definition) is 5. The maximum Gasteiger partial charge on any atom is 0.218 e. The van der Waals surface area contributed by atoms with Crippen LogP contribution in [0.5, 0.6) is 0 Å². The standard InChI is InChI=1S/C10H10N2O3/c1-2-8(13)9(12-15)10(14)7-3-5-11-6-4-7/h3-6,15H,2H2,1H3. The summed E-state index contributed by atoms with van der Waals surface area (Å²) in [6, 6.07) is 2.91. The first-order valence-electron chi connectivity index (χ1n) is 4.40. The molecule has 0 radical (unpaired) electrons. The van der Waals surface area contributed by atoms with Gasteiger partial charge in [0.2, 0.25) is 5.78 Å². The minimum Gasteiger partial charge on any atom is -0.410 e. The Balaban J connectivity index is 2.99. The molecule has 1 rings (SSSR count). The number of rotatable bonds is 4. The van der Waals surface area contributed by atoms with E-state index in [0.717, 1.165) is 0 Å². The molecule has 1 heterocycles. The van der Waals surface area contributed by atoms with Crippen LogP contribution in [-0.2, 0) is 4.79 Å². The third kappa shape index (κ3) is 2.46. The van der Waals surface area contributed by atoms with Crippen LogP contribution in [0.4, 0.5) is 0 Å². The molecular weight excluding hydrogens is 196 g/mol. The number of oxime groups is 1. The van der Waals surface area contributed by atoms with E-state index < -0.39 is 17.3 Å². The average molecular weight is 206 g/mol. The molecule has 0 atom stereocenters. The monoisotopic (exact) mass is 206 g/mol. The number of carbonyl (C=O) groups is 2. The first-order chi connectivity index (χ1) is 7.20. The van der Waals surface area contributed by atoms with Gasteiger partial charge in [-0.15, -0.1) is 0 Å². The van der Waals surface area contributed by atoms with E-state index >= 15 is 0 Å². The Morgan fingerprint density at radius 2 is 2.00 bits per heavy atom. The van der Waals surface area contributed by atoms with E-state index in [4.69, 9.17) is 5.21 Å². The molecule has 1 aromatic rings. The average Bonchev–Trinajstić information content (AvgIpc) is 2.30. The topological polar surface area (TPSA) is 79.6 Å². The highest BCUT2D eigenvalue weighted by Crippen LogP contribution is 2.02. The van der Waals surface area contributed by atoms with Gasteiger partial charge in [0.25, 0.3) is 0 Å². The van der Waals surface area contributed by atoms with E-state index in [-0.39, 0.29) is 12.0 Å². The van der Waals surface area contributed by atoms with E-state index in [1.54, 1.807) is 6.92 Å². The fraction of sp³-hybridized carbons (Fsp3) is 0.200. The first kappa shape index (κ1) is 11.0. The highest BCUT2D eigenvalue weighted by Gasteiger charge is 2.20. The van der Waals surface area contributed by atoms with Crippen LogP contribution >= 0.6 is 0 Å². The van der Waals surface area contributed by atoms with E-state index in [1.165, 1.54) is 24.5 Å². The van der Waals surface area contributed by atoms with Crippen LogP contribution in [0.25, 0.3) is 0 Å². The molecule has 0 aromatic carbocycles. The number of aromatic nitrogens is 1. The molecule has 0 amide bonds. The number of nitrogens with zero attached hydrogens (tertiary/aromatic N) is 2. The fourth-order valence-corrected chi connectivity index (χ4v) is 1.04. The number of hydrogen-bond donors (Lipinski definition) is 1. The molecule has 0 saturated heterocycles. The summed E-state index contributed by atoms with van der Waals surface area (Å²) in [6.07, 6.45) is 2.98. The molecular formula is C10H10N2O3. The SMILES string of the molecule is CCC(=O)C(=NO)C(=O)c1ccncc1. The lowest BCUT2D eigenvalue weighted by Gasteiger charge is -2.00. The van der Waals surface area contributed by atoms with Crippen molar-refractivity contribution in [2.75, 3.05) is 0 Å². The highest BCUT2D eigenvalue weighted by molar-refractivity contribution is 6.69. The molecule has 1 N–H and O–H groups in total. The van der Waals surface area contributed by atoms with Crippen LogP contribution in [0.3, 0.4) is 0 Å². The van der Waals surface area contributed by atoms with Crippen molar-refractivity contribution < 1.29 is 14.8 Å². The van der Waals surface area contributed by atoms with Crippen LogP contribution in [0.15, 0.2) is 29.7 Å². The molecule has 5 nitrogen and oxygen atoms in total. The van der Waals surface area contributed by atoms with Gasteiger partial charge in [-0.3, -0.25) is 14.6 Å². The zero-order valence-electron chi connectivity index (χ0n) is 8.17. The summed E-state index contributed by atoms with van der Waals surface area (Å²) < 4.78 is 0. The van der Waals surface area contributed by atoms with Crippen molar-refractivity contribution in [3.05, 3.63) is 30.1 Å². The second kappa shape index (κ2) is 4.99. The van der Waals surface area contributed by atoms with Crippen LogP contribution in [0, 0.1) is 0 Å². The third-order valence-corrected chi connectivity index (χ3v) is 1.84. The summed E-state index contributed by atoms with van der Waals surface area (Å²) in [5.74, 6) is -1.08. The molecule has 78 valence electrons. The van der Waals surface area contributed by atoms with Gasteiger partial charge in [-0.25, -0.2) is 0 Å². The summed E-state index contributed by atoms with van der Waals surface area (Å²) in [6.45, 7) is 1.59. The Kier molecular flexibility index (Phi) is 3.68. The second-order valence-corrected chi connectivity index (χ2v) is 2.79. The van der Waals surface area contributed by atoms with E-state index in [0.29, 0.717) is 0 Å². The largest absolute Gasteiger partial charge is 0.410 e. The summed E-state index contributed by atoms with van der Waals surface area (Å²) in [5.41, 5.74) is -0.164. The van der Waals surface area contributed by atoms with Gasteiger partial charge in [0, 0.05) is 24.4 Å². The third-order valence-electron chi connectivity index (χ3n) is 1.84. The molecule has 0 aliphatic heterocycles. The van der Waals surface area contributed by atoms with Crippen molar-refractivity contribution in [2.24, 2.45) is 5.16 Å². The molecule has 0 fully saturated rings. The fourth-order valence-electron chi connectivity index (χ4n) is 1.04. The molecule has 1 aromatic heterocycles. The lowest BCUT2D eigenvalue weighted by Crippen LogP contribution is -2.23. The Morgan fingerprint density at radius 3 is 2.47 bits per heavy atom. The smallest absolute Gasteiger partial charge is 0.218 e. The van der Waals surface area contributed by atoms with Gasteiger partial charge >= 0.3 is 0 Å². The lowest BCUT2D eigenvalue weighted by molar-refractivity contribution is -0.112. The van der Waals surface area contributed by atoms with Crippen molar-refractivity contribution in [1.29, 1.82) is 0 Å². The predicted octanol–water partition coefficient (Wildman–Crippen LogP) is 1.07. The molecule has 0 spiro atoms. The van der Waals surface area contributed by atoms with Gasteiger partial charge in [0.15, 0.2) is 11.5 Å². The van der Waals surface area contributed by atoms with Crippen molar-refractivity contribution in [1.82, 2.24) is 4.98 Å². The molecule has 0 aliphatic rings. The number of pyridine rings is 1. The quantitative estimate of drug-likeness (QED) is 0.263. The van der Waals surface area contributed by atoms with Gasteiger partial charge in [-0.1, -0.05) is 12.1 Å². The van der Waals surface area contributed by atoms with Gasteiger partial charge in [0.05, 0.1) is 0 Å². The van der Waals surface area contributed by atoms with E-state index in [1.807, 2.05) is 0 Å². The Morgan fingerprint density at radius 1 is 1.40 bits per heavy atom. The first-order valence-corrected chi connectivity index (χ1v) is 4.40. The van der Waals surface area contributed by atoms with Crippen molar-refractivity contribution in [3.63, 3.8) is 0 Å². The van der Waals surface area contributed by atoms with Gasteiger partial charge in [-0.05, 0) is 12.1 Å². The van der Waals surface area contributed by atoms with Crippen molar-refractivity contribution in [2.45, 2.75) is 13.3 Å². The van der Waals surface area contributed by atoms with Crippen molar-refractivity contribution in [3.8, 4) is 0 Å². The Hall–Kier alpha value is -2.04. The number of Topliss-reactive ketones (excluding diaryl/α,β-unsaturated/α-hetero) is 2. The molecule has 0 aliphatic carbocycles. The molecule has 0 unspecified atom stereocenters. The zero-order chi connectivity index (χ0) is 11.3. The normalized spacial score (nSPS) is 11.1. The number of carbonyl (C=O) groups excluding carboxylic acids is 2. The molecule has 5 heteroatoms. The summed E-state index contributed by atoms with van der Waals surface area (Å²) in [5, 5.41) is 11.3. The lowest BCUT2D eigenvalue weighted by atomic mass is 10.0. The maximum absolute atomic E-state index is 11.6. The van der Waals surface area contributed by atoms with Crippen molar-refractivity contribution >= 4 is 17.3 Å². The van der Waals surface area contributed by atoms with Gasteiger partial charge < -0.3 is 5.21 Å². The summed E-state index contributed by atoms with van der Waals surface area (Å²) in [4.78, 5) is 26.6. The zero-order valence-corrected chi connectivity index (χ0v) is 8.17. The summed E-state index contributed by atoms with van der Waals surface area (Å²) in [7, 11) is 0. The molecule has 0 bridgehead atoms.